The van der Waals surface area contributed by atoms with Crippen LogP contribution in [-0.4, -0.2) is 50.8 Å². The van der Waals surface area contributed by atoms with Gasteiger partial charge in [-0.1, -0.05) is 42.5 Å². The van der Waals surface area contributed by atoms with Crippen molar-refractivity contribution in [3.63, 3.8) is 0 Å². The van der Waals surface area contributed by atoms with E-state index in [0.29, 0.717) is 49.2 Å². The number of aromatic nitrogens is 5. The van der Waals surface area contributed by atoms with Crippen LogP contribution < -0.4 is 10.2 Å². The van der Waals surface area contributed by atoms with E-state index in [1.54, 1.807) is 24.3 Å². The van der Waals surface area contributed by atoms with Gasteiger partial charge in [-0.05, 0) is 24.6 Å². The Hall–Kier alpha value is -3.66. The molecule has 2 aromatic heterocycles. The lowest BCUT2D eigenvalue weighted by molar-refractivity contribution is 0.122. The van der Waals surface area contributed by atoms with Crippen LogP contribution in [0.1, 0.15) is 30.8 Å². The molecule has 1 aliphatic rings. The van der Waals surface area contributed by atoms with Crippen LogP contribution in [-0.2, 0) is 4.74 Å². The van der Waals surface area contributed by atoms with Crippen molar-refractivity contribution in [2.24, 2.45) is 0 Å². The van der Waals surface area contributed by atoms with Crippen LogP contribution in [0, 0.1) is 0 Å². The number of para-hydroxylation sites is 2. The molecule has 4 aromatic rings. The summed E-state index contributed by atoms with van der Waals surface area (Å²) in [5.41, 5.74) is 2.01. The number of nitrogens with one attached hydrogen (secondary N) is 1. The number of imidazole rings is 1. The molecule has 0 aliphatic carbocycles. The molecule has 33 heavy (non-hydrogen) atoms. The number of nitrogens with zero attached hydrogens (tertiary/aromatic N) is 6. The van der Waals surface area contributed by atoms with Gasteiger partial charge in [0.05, 0.1) is 30.3 Å². The minimum atomic E-state index is -2.79. The Balaban J connectivity index is 1.62. The maximum absolute atomic E-state index is 13.9. The van der Waals surface area contributed by atoms with Gasteiger partial charge in [0.25, 0.3) is 6.43 Å². The molecule has 5 rings (SSSR count). The molecular weight excluding hydrogens is 428 g/mol. The SMILES string of the molecule is C[C@H](Nc1nc(N2CCOCC2)nc(-n2c(C(F)F)nc3ccccc32)n1)c1ccccc1. The van der Waals surface area contributed by atoms with Crippen molar-refractivity contribution in [2.45, 2.75) is 19.4 Å². The van der Waals surface area contributed by atoms with Crippen LogP contribution in [0.3, 0.4) is 0 Å². The molecule has 0 saturated carbocycles. The first-order valence-corrected chi connectivity index (χ1v) is 10.8. The summed E-state index contributed by atoms with van der Waals surface area (Å²) < 4.78 is 34.6. The average Bonchev–Trinajstić information content (AvgIpc) is 3.25. The zero-order chi connectivity index (χ0) is 22.8. The molecule has 0 unspecified atom stereocenters. The van der Waals surface area contributed by atoms with Crippen molar-refractivity contribution in [1.29, 1.82) is 0 Å². The number of benzene rings is 2. The minimum Gasteiger partial charge on any atom is -0.378 e. The highest BCUT2D eigenvalue weighted by Gasteiger charge is 2.24. The van der Waals surface area contributed by atoms with Crippen LogP contribution in [0.15, 0.2) is 54.6 Å². The summed E-state index contributed by atoms with van der Waals surface area (Å²) in [6.45, 7) is 4.28. The molecule has 170 valence electrons. The molecule has 2 aromatic carbocycles. The Labute approximate surface area is 189 Å². The molecule has 1 aliphatic heterocycles. The standard InChI is InChI=1S/C23H23F2N7O/c1-15(16-7-3-2-4-8-16)26-21-28-22(31-11-13-33-14-12-31)30-23(29-21)32-18-10-6-5-9-17(18)27-20(32)19(24)25/h2-10,15,19H,11-14H2,1H3,(H,26,28,29,30)/t15-/m0/s1. The highest BCUT2D eigenvalue weighted by atomic mass is 19.3. The Morgan fingerprint density at radius 1 is 0.879 bits per heavy atom. The molecule has 1 saturated heterocycles. The van der Waals surface area contributed by atoms with E-state index in [0.717, 1.165) is 5.56 Å². The zero-order valence-corrected chi connectivity index (χ0v) is 18.0. The summed E-state index contributed by atoms with van der Waals surface area (Å²) >= 11 is 0. The first-order chi connectivity index (χ1) is 16.1. The molecule has 10 heteroatoms. The van der Waals surface area contributed by atoms with E-state index in [9.17, 15) is 8.78 Å². The van der Waals surface area contributed by atoms with Gasteiger partial charge in [-0.2, -0.15) is 15.0 Å². The van der Waals surface area contributed by atoms with Gasteiger partial charge < -0.3 is 15.0 Å². The number of ether oxygens (including phenoxy) is 1. The van der Waals surface area contributed by atoms with Gasteiger partial charge in [-0.25, -0.2) is 13.8 Å². The topological polar surface area (TPSA) is 81.0 Å². The van der Waals surface area contributed by atoms with Crippen molar-refractivity contribution in [1.82, 2.24) is 24.5 Å². The van der Waals surface area contributed by atoms with Gasteiger partial charge in [0.1, 0.15) is 0 Å². The van der Waals surface area contributed by atoms with Gasteiger partial charge in [0.2, 0.25) is 17.8 Å². The molecule has 8 nitrogen and oxygen atoms in total. The summed E-state index contributed by atoms with van der Waals surface area (Å²) in [4.78, 5) is 19.8. The second-order valence-electron chi connectivity index (χ2n) is 7.73. The molecular formula is C23H23F2N7O. The van der Waals surface area contributed by atoms with Crippen LogP contribution in [0.25, 0.3) is 17.0 Å². The van der Waals surface area contributed by atoms with Gasteiger partial charge in [-0.15, -0.1) is 0 Å². The Morgan fingerprint density at radius 3 is 2.33 bits per heavy atom. The van der Waals surface area contributed by atoms with E-state index in [1.807, 2.05) is 42.2 Å². The first-order valence-electron chi connectivity index (χ1n) is 10.8. The smallest absolute Gasteiger partial charge is 0.296 e. The Bertz CT molecular complexity index is 1240. The van der Waals surface area contributed by atoms with E-state index >= 15 is 0 Å². The maximum atomic E-state index is 13.9. The molecule has 1 atom stereocenters. The first kappa shape index (κ1) is 21.2. The average molecular weight is 451 g/mol. The van der Waals surface area contributed by atoms with Crippen LogP contribution in [0.4, 0.5) is 20.7 Å². The fraction of sp³-hybridized carbons (Fsp3) is 0.304. The Kier molecular flexibility index (Phi) is 5.82. The second kappa shape index (κ2) is 9.07. The van der Waals surface area contributed by atoms with E-state index in [2.05, 4.69) is 25.3 Å². The van der Waals surface area contributed by atoms with Gasteiger partial charge in [0.15, 0.2) is 5.82 Å². The predicted octanol–water partition coefficient (Wildman–Crippen LogP) is 4.16. The van der Waals surface area contributed by atoms with Crippen LogP contribution in [0.5, 0.6) is 0 Å². The second-order valence-corrected chi connectivity index (χ2v) is 7.73. The number of anilines is 2. The molecule has 3 heterocycles. The number of rotatable bonds is 6. The van der Waals surface area contributed by atoms with E-state index < -0.39 is 12.2 Å². The lowest BCUT2D eigenvalue weighted by Gasteiger charge is -2.27. The number of hydrogen-bond acceptors (Lipinski definition) is 7. The molecule has 1 N–H and O–H groups in total. The number of halogens is 2. The predicted molar refractivity (Wildman–Crippen MR) is 121 cm³/mol. The molecule has 0 bridgehead atoms. The number of fused-ring (bicyclic) bond motifs is 1. The molecule has 0 radical (unpaired) electrons. The quantitative estimate of drug-likeness (QED) is 0.472. The van der Waals surface area contributed by atoms with Crippen LogP contribution in [0.2, 0.25) is 0 Å². The Morgan fingerprint density at radius 2 is 1.58 bits per heavy atom. The van der Waals surface area contributed by atoms with Gasteiger partial charge in [0, 0.05) is 13.1 Å². The van der Waals surface area contributed by atoms with Gasteiger partial charge >= 0.3 is 0 Å². The van der Waals surface area contributed by atoms with Crippen molar-refractivity contribution in [2.75, 3.05) is 36.5 Å². The zero-order valence-electron chi connectivity index (χ0n) is 18.0. The highest BCUT2D eigenvalue weighted by Crippen LogP contribution is 2.28. The third kappa shape index (κ3) is 4.34. The summed E-state index contributed by atoms with van der Waals surface area (Å²) in [5.74, 6) is 0.399. The van der Waals surface area contributed by atoms with Crippen molar-refractivity contribution in [3.8, 4) is 5.95 Å². The lowest BCUT2D eigenvalue weighted by atomic mass is 10.1. The maximum Gasteiger partial charge on any atom is 0.296 e. The minimum absolute atomic E-state index is 0.0956. The summed E-state index contributed by atoms with van der Waals surface area (Å²) in [5, 5.41) is 3.30. The fourth-order valence-corrected chi connectivity index (χ4v) is 3.84. The number of alkyl halides is 2. The lowest BCUT2D eigenvalue weighted by Crippen LogP contribution is -2.37. The van der Waals surface area contributed by atoms with Gasteiger partial charge in [-0.3, -0.25) is 4.57 Å². The molecule has 1 fully saturated rings. The largest absolute Gasteiger partial charge is 0.378 e. The normalized spacial score (nSPS) is 15.2. The van der Waals surface area contributed by atoms with E-state index in [1.165, 1.54) is 4.57 Å². The van der Waals surface area contributed by atoms with Crippen LogP contribution >= 0.6 is 0 Å². The molecule has 0 amide bonds. The van der Waals surface area contributed by atoms with Crippen molar-refractivity contribution in [3.05, 3.63) is 66.0 Å². The van der Waals surface area contributed by atoms with E-state index in [-0.39, 0.29) is 12.0 Å². The fourth-order valence-electron chi connectivity index (χ4n) is 3.84. The summed E-state index contributed by atoms with van der Waals surface area (Å²) in [7, 11) is 0. The van der Waals surface area contributed by atoms with Crippen molar-refractivity contribution >= 4 is 22.9 Å². The van der Waals surface area contributed by atoms with Crippen molar-refractivity contribution < 1.29 is 13.5 Å². The third-order valence-electron chi connectivity index (χ3n) is 5.53. The monoisotopic (exact) mass is 451 g/mol. The number of hydrogen-bond donors (Lipinski definition) is 1. The highest BCUT2D eigenvalue weighted by molar-refractivity contribution is 5.77. The third-order valence-corrected chi connectivity index (χ3v) is 5.53. The summed E-state index contributed by atoms with van der Waals surface area (Å²) in [6, 6.07) is 16.7. The molecule has 0 spiro atoms. The number of morpholine rings is 1. The summed E-state index contributed by atoms with van der Waals surface area (Å²) in [6.07, 6.45) is -2.79. The van der Waals surface area contributed by atoms with E-state index in [4.69, 9.17) is 4.74 Å².